The largest absolute Gasteiger partial charge is 0.618 e. The van der Waals surface area contributed by atoms with Crippen molar-refractivity contribution in [2.45, 2.75) is 19.9 Å². The Bertz CT molecular complexity index is 1190. The Morgan fingerprint density at radius 2 is 2.16 bits per heavy atom. The molecule has 164 valence electrons. The number of nitrogens with zero attached hydrogens (tertiary/aromatic N) is 7. The van der Waals surface area contributed by atoms with Crippen LogP contribution >= 0.6 is 11.6 Å². The van der Waals surface area contributed by atoms with Gasteiger partial charge < -0.3 is 20.3 Å². The van der Waals surface area contributed by atoms with Crippen molar-refractivity contribution in [3.8, 4) is 6.19 Å². The molecule has 2 aromatic heterocycles. The van der Waals surface area contributed by atoms with Crippen molar-refractivity contribution in [3.05, 3.63) is 59.3 Å². The summed E-state index contributed by atoms with van der Waals surface area (Å²) >= 11 is 5.98. The van der Waals surface area contributed by atoms with E-state index < -0.39 is 0 Å². The minimum atomic E-state index is 0.0662. The molecule has 3 aromatic rings. The van der Waals surface area contributed by atoms with Crippen LogP contribution in [0.1, 0.15) is 13.8 Å². The Balaban J connectivity index is 1.63. The third-order valence-electron chi connectivity index (χ3n) is 5.60. The maximum Gasteiger partial charge on any atom is 0.225 e. The molecular formula is C22H23ClN8O. The summed E-state index contributed by atoms with van der Waals surface area (Å²) in [6.45, 7) is 6.27. The average molecular weight is 451 g/mol. The van der Waals surface area contributed by atoms with Crippen molar-refractivity contribution in [1.29, 1.82) is 5.26 Å². The van der Waals surface area contributed by atoms with Crippen LogP contribution in [0.3, 0.4) is 0 Å². The first kappa shape index (κ1) is 21.6. The lowest BCUT2D eigenvalue weighted by atomic mass is 9.99. The zero-order chi connectivity index (χ0) is 22.7. The van der Waals surface area contributed by atoms with Crippen LogP contribution in [0.25, 0.3) is 10.9 Å². The van der Waals surface area contributed by atoms with Crippen LogP contribution in [0.2, 0.25) is 5.28 Å². The number of aliphatic imine (C=N–C) groups is 1. The van der Waals surface area contributed by atoms with Gasteiger partial charge in [0, 0.05) is 38.0 Å². The van der Waals surface area contributed by atoms with E-state index in [0.717, 1.165) is 15.9 Å². The molecule has 0 amide bonds. The van der Waals surface area contributed by atoms with Crippen molar-refractivity contribution in [2.75, 3.05) is 29.9 Å². The Kier molecular flexibility index (Phi) is 6.23. The number of aromatic nitrogens is 3. The number of nitriles is 1. The molecule has 1 fully saturated rings. The van der Waals surface area contributed by atoms with Crippen LogP contribution in [0.15, 0.2) is 53.8 Å². The highest BCUT2D eigenvalue weighted by Gasteiger charge is 2.32. The van der Waals surface area contributed by atoms with E-state index in [1.165, 1.54) is 6.20 Å². The second kappa shape index (κ2) is 9.24. The quantitative estimate of drug-likeness (QED) is 0.163. The van der Waals surface area contributed by atoms with E-state index in [1.54, 1.807) is 24.4 Å². The highest BCUT2D eigenvalue weighted by Crippen LogP contribution is 2.25. The lowest BCUT2D eigenvalue weighted by Gasteiger charge is -2.45. The summed E-state index contributed by atoms with van der Waals surface area (Å²) in [6, 6.07) is 10.9. The molecule has 4 rings (SSSR count). The molecule has 1 atom stereocenters. The number of rotatable bonds is 3. The fraction of sp³-hybridized carbons (Fsp3) is 0.318. The van der Waals surface area contributed by atoms with Crippen LogP contribution < -0.4 is 14.9 Å². The summed E-state index contributed by atoms with van der Waals surface area (Å²) in [6.07, 6.45) is 5.03. The van der Waals surface area contributed by atoms with Gasteiger partial charge in [-0.3, -0.25) is 0 Å². The number of hydrogen-bond acceptors (Lipinski definition) is 6. The van der Waals surface area contributed by atoms with Gasteiger partial charge in [-0.2, -0.15) is 9.99 Å². The van der Waals surface area contributed by atoms with Crippen LogP contribution in [0.4, 0.5) is 11.5 Å². The SMILES string of the molecule is CC(C)C1CN(c2ccnc(Cl)n2)CCN1/C(=N\C#N)Nc1cccc2c1ccc[n+]2[O-]. The number of benzene rings is 1. The molecule has 3 heterocycles. The van der Waals surface area contributed by atoms with Gasteiger partial charge in [-0.15, -0.1) is 4.99 Å². The topological polar surface area (TPSA) is 107 Å². The molecule has 1 N–H and O–H groups in total. The van der Waals surface area contributed by atoms with Crippen molar-refractivity contribution in [2.24, 2.45) is 10.9 Å². The Morgan fingerprint density at radius 1 is 1.31 bits per heavy atom. The van der Waals surface area contributed by atoms with Crippen LogP contribution in [-0.4, -0.2) is 46.5 Å². The van der Waals surface area contributed by atoms with E-state index in [-0.39, 0.29) is 17.2 Å². The summed E-state index contributed by atoms with van der Waals surface area (Å²) in [5.74, 6) is 1.51. The van der Waals surface area contributed by atoms with E-state index in [9.17, 15) is 10.5 Å². The third kappa shape index (κ3) is 4.36. The Hall–Kier alpha value is -3.64. The molecule has 1 aromatic carbocycles. The molecular weight excluding hydrogens is 428 g/mol. The maximum atomic E-state index is 12.2. The number of nitrogens with one attached hydrogen (secondary N) is 1. The number of fused-ring (bicyclic) bond motifs is 1. The van der Waals surface area contributed by atoms with Crippen molar-refractivity contribution < 1.29 is 4.73 Å². The molecule has 10 heteroatoms. The van der Waals surface area contributed by atoms with Gasteiger partial charge in [0.1, 0.15) is 5.82 Å². The predicted molar refractivity (Wildman–Crippen MR) is 124 cm³/mol. The van der Waals surface area contributed by atoms with E-state index in [1.807, 2.05) is 24.4 Å². The van der Waals surface area contributed by atoms with E-state index in [4.69, 9.17) is 11.6 Å². The van der Waals surface area contributed by atoms with Crippen molar-refractivity contribution >= 4 is 40.0 Å². The molecule has 0 spiro atoms. The van der Waals surface area contributed by atoms with Gasteiger partial charge in [-0.05, 0) is 35.7 Å². The van der Waals surface area contributed by atoms with Gasteiger partial charge in [-0.1, -0.05) is 19.9 Å². The fourth-order valence-electron chi connectivity index (χ4n) is 4.01. The number of pyridine rings is 1. The summed E-state index contributed by atoms with van der Waals surface area (Å²) in [4.78, 5) is 16.7. The van der Waals surface area contributed by atoms with Gasteiger partial charge >= 0.3 is 0 Å². The Labute approximate surface area is 191 Å². The standard InChI is InChI=1S/C22H23ClN8O/c1-15(2)19-13-29(20-8-9-25-21(23)28-20)11-12-30(19)22(26-14-24)27-17-6-3-7-18-16(17)5-4-10-31(18)32/h3-10,15,19H,11-13H2,1-2H3,(H,26,27). The lowest BCUT2D eigenvalue weighted by Crippen LogP contribution is -2.58. The highest BCUT2D eigenvalue weighted by atomic mass is 35.5. The molecule has 1 aliphatic rings. The first-order valence-corrected chi connectivity index (χ1v) is 10.7. The zero-order valence-electron chi connectivity index (χ0n) is 17.8. The third-order valence-corrected chi connectivity index (χ3v) is 5.79. The number of hydrogen-bond donors (Lipinski definition) is 1. The van der Waals surface area contributed by atoms with Crippen molar-refractivity contribution in [1.82, 2.24) is 14.9 Å². The lowest BCUT2D eigenvalue weighted by molar-refractivity contribution is -0.577. The molecule has 32 heavy (non-hydrogen) atoms. The number of anilines is 2. The van der Waals surface area contributed by atoms with Crippen molar-refractivity contribution in [3.63, 3.8) is 0 Å². The summed E-state index contributed by atoms with van der Waals surface area (Å²) in [5.41, 5.74) is 1.26. The maximum absolute atomic E-state index is 12.2. The minimum absolute atomic E-state index is 0.0662. The monoisotopic (exact) mass is 450 g/mol. The molecule has 0 aliphatic carbocycles. The highest BCUT2D eigenvalue weighted by molar-refractivity contribution is 6.28. The number of halogens is 1. The van der Waals surface area contributed by atoms with E-state index >= 15 is 0 Å². The first-order chi connectivity index (χ1) is 15.5. The van der Waals surface area contributed by atoms with Gasteiger partial charge in [0.05, 0.1) is 17.1 Å². The molecule has 1 aliphatic heterocycles. The summed E-state index contributed by atoms with van der Waals surface area (Å²) in [5, 5.41) is 25.8. The summed E-state index contributed by atoms with van der Waals surface area (Å²) in [7, 11) is 0. The molecule has 0 saturated carbocycles. The van der Waals surface area contributed by atoms with Gasteiger partial charge in [0.25, 0.3) is 0 Å². The van der Waals surface area contributed by atoms with Crippen LogP contribution in [0.5, 0.6) is 0 Å². The van der Waals surface area contributed by atoms with Crippen LogP contribution in [0, 0.1) is 22.6 Å². The molecule has 1 unspecified atom stereocenters. The molecule has 9 nitrogen and oxygen atoms in total. The van der Waals surface area contributed by atoms with Crippen LogP contribution in [-0.2, 0) is 0 Å². The molecule has 0 bridgehead atoms. The molecule has 0 radical (unpaired) electrons. The van der Waals surface area contributed by atoms with Gasteiger partial charge in [-0.25, -0.2) is 9.97 Å². The first-order valence-electron chi connectivity index (χ1n) is 10.3. The number of guanidine groups is 1. The van der Waals surface area contributed by atoms with Gasteiger partial charge in [0.15, 0.2) is 6.20 Å². The Morgan fingerprint density at radius 3 is 2.91 bits per heavy atom. The van der Waals surface area contributed by atoms with Gasteiger partial charge in [0.2, 0.25) is 23.0 Å². The molecule has 1 saturated heterocycles. The van der Waals surface area contributed by atoms with E-state index in [0.29, 0.717) is 36.8 Å². The zero-order valence-corrected chi connectivity index (χ0v) is 18.6. The normalized spacial score (nSPS) is 17.0. The second-order valence-electron chi connectivity index (χ2n) is 7.87. The average Bonchev–Trinajstić information content (AvgIpc) is 2.79. The second-order valence-corrected chi connectivity index (χ2v) is 8.21. The smallest absolute Gasteiger partial charge is 0.225 e. The predicted octanol–water partition coefficient (Wildman–Crippen LogP) is 3.01. The fourth-order valence-corrected chi connectivity index (χ4v) is 4.16. The van der Waals surface area contributed by atoms with E-state index in [2.05, 4.69) is 43.9 Å². The summed E-state index contributed by atoms with van der Waals surface area (Å²) < 4.78 is 0.824. The minimum Gasteiger partial charge on any atom is -0.618 e. The number of piperazine rings is 1.